The van der Waals surface area contributed by atoms with E-state index in [1.54, 1.807) is 6.20 Å². The minimum absolute atomic E-state index is 0.0325. The average Bonchev–Trinajstić information content (AvgIpc) is 2.85. The first-order valence-electron chi connectivity index (χ1n) is 5.69. The quantitative estimate of drug-likeness (QED) is 0.908. The standard InChI is InChI=1S/C11H18ClN3S/c1-3-15-9(8(12)7-14-15)10(13)11(2)5-4-6-16-11/h7,10H,3-6,13H2,1-2H3. The van der Waals surface area contributed by atoms with E-state index < -0.39 is 0 Å². The summed E-state index contributed by atoms with van der Waals surface area (Å²) in [5.41, 5.74) is 7.38. The number of hydrogen-bond donors (Lipinski definition) is 1. The second-order valence-electron chi connectivity index (χ2n) is 4.44. The molecule has 2 atom stereocenters. The van der Waals surface area contributed by atoms with Crippen LogP contribution < -0.4 is 5.73 Å². The lowest BCUT2D eigenvalue weighted by atomic mass is 9.94. The van der Waals surface area contributed by atoms with Crippen LogP contribution in [0.2, 0.25) is 5.02 Å². The van der Waals surface area contributed by atoms with Gasteiger partial charge < -0.3 is 5.73 Å². The van der Waals surface area contributed by atoms with Crippen molar-refractivity contribution in [2.24, 2.45) is 5.73 Å². The Bertz CT molecular complexity index is 371. The van der Waals surface area contributed by atoms with Crippen molar-refractivity contribution >= 4 is 23.4 Å². The Morgan fingerprint density at radius 3 is 3.06 bits per heavy atom. The molecule has 1 fully saturated rings. The smallest absolute Gasteiger partial charge is 0.0834 e. The van der Waals surface area contributed by atoms with Crippen molar-refractivity contribution in [2.45, 2.75) is 44.0 Å². The molecule has 1 aliphatic heterocycles. The van der Waals surface area contributed by atoms with E-state index >= 15 is 0 Å². The van der Waals surface area contributed by atoms with Crippen LogP contribution in [0.1, 0.15) is 38.4 Å². The first kappa shape index (κ1) is 12.3. The maximum absolute atomic E-state index is 6.39. The number of nitrogens with zero attached hydrogens (tertiary/aromatic N) is 2. The zero-order chi connectivity index (χ0) is 11.8. The van der Waals surface area contributed by atoms with Crippen LogP contribution in [0.15, 0.2) is 6.20 Å². The lowest BCUT2D eigenvalue weighted by Crippen LogP contribution is -2.35. The summed E-state index contributed by atoms with van der Waals surface area (Å²) in [6.45, 7) is 5.11. The Kier molecular flexibility index (Phi) is 3.52. The fourth-order valence-corrected chi connectivity index (χ4v) is 3.86. The van der Waals surface area contributed by atoms with Gasteiger partial charge in [0, 0.05) is 11.3 Å². The molecule has 0 amide bonds. The zero-order valence-electron chi connectivity index (χ0n) is 9.74. The molecule has 0 spiro atoms. The molecule has 1 aromatic heterocycles. The van der Waals surface area contributed by atoms with Gasteiger partial charge in [0.25, 0.3) is 0 Å². The van der Waals surface area contributed by atoms with E-state index in [1.807, 2.05) is 16.4 Å². The summed E-state index contributed by atoms with van der Waals surface area (Å²) in [7, 11) is 0. The second-order valence-corrected chi connectivity index (χ2v) is 6.47. The molecule has 5 heteroatoms. The Balaban J connectivity index is 2.32. The van der Waals surface area contributed by atoms with Crippen LogP contribution in [0.4, 0.5) is 0 Å². The summed E-state index contributed by atoms with van der Waals surface area (Å²) < 4.78 is 2.02. The molecule has 2 N–H and O–H groups in total. The molecular weight excluding hydrogens is 242 g/mol. The summed E-state index contributed by atoms with van der Waals surface area (Å²) in [5, 5.41) is 4.95. The van der Waals surface area contributed by atoms with E-state index in [4.69, 9.17) is 17.3 Å². The van der Waals surface area contributed by atoms with Gasteiger partial charge in [-0.2, -0.15) is 16.9 Å². The molecule has 2 unspecified atom stereocenters. The molecule has 0 bridgehead atoms. The normalized spacial score (nSPS) is 27.2. The molecule has 0 aromatic carbocycles. The molecule has 16 heavy (non-hydrogen) atoms. The molecule has 0 saturated carbocycles. The molecule has 1 aliphatic rings. The average molecular weight is 260 g/mol. The minimum atomic E-state index is -0.0325. The third-order valence-corrected chi connectivity index (χ3v) is 5.24. The minimum Gasteiger partial charge on any atom is -0.321 e. The van der Waals surface area contributed by atoms with Crippen LogP contribution in [-0.2, 0) is 6.54 Å². The van der Waals surface area contributed by atoms with Gasteiger partial charge in [0.2, 0.25) is 0 Å². The first-order valence-corrected chi connectivity index (χ1v) is 7.05. The number of aromatic nitrogens is 2. The summed E-state index contributed by atoms with van der Waals surface area (Å²) in [6.07, 6.45) is 4.10. The van der Waals surface area contributed by atoms with Crippen molar-refractivity contribution in [1.82, 2.24) is 9.78 Å². The number of nitrogens with two attached hydrogens (primary N) is 1. The highest BCUT2D eigenvalue weighted by molar-refractivity contribution is 8.00. The number of hydrogen-bond acceptors (Lipinski definition) is 3. The Labute approximate surface area is 106 Å². The number of rotatable bonds is 3. The summed E-state index contributed by atoms with van der Waals surface area (Å²) >= 11 is 8.14. The van der Waals surface area contributed by atoms with Gasteiger partial charge in [-0.1, -0.05) is 11.6 Å². The van der Waals surface area contributed by atoms with Crippen LogP contribution in [0.25, 0.3) is 0 Å². The summed E-state index contributed by atoms with van der Waals surface area (Å²) in [4.78, 5) is 0. The van der Waals surface area contributed by atoms with Gasteiger partial charge in [-0.25, -0.2) is 0 Å². The maximum Gasteiger partial charge on any atom is 0.0834 e. The van der Waals surface area contributed by atoms with Gasteiger partial charge in [-0.3, -0.25) is 4.68 Å². The van der Waals surface area contributed by atoms with Gasteiger partial charge in [0.05, 0.1) is 23.0 Å². The SMILES string of the molecule is CCn1ncc(Cl)c1C(N)C1(C)CCCS1. The molecule has 90 valence electrons. The molecule has 3 nitrogen and oxygen atoms in total. The van der Waals surface area contributed by atoms with E-state index in [2.05, 4.69) is 18.9 Å². The zero-order valence-corrected chi connectivity index (χ0v) is 11.3. The Hall–Kier alpha value is -0.190. The van der Waals surface area contributed by atoms with Gasteiger partial charge in [-0.05, 0) is 32.4 Å². The molecule has 1 saturated heterocycles. The van der Waals surface area contributed by atoms with Crippen molar-refractivity contribution in [1.29, 1.82) is 0 Å². The van der Waals surface area contributed by atoms with E-state index in [-0.39, 0.29) is 10.8 Å². The molecule has 1 aromatic rings. The largest absolute Gasteiger partial charge is 0.321 e. The predicted molar refractivity (Wildman–Crippen MR) is 69.9 cm³/mol. The summed E-state index contributed by atoms with van der Waals surface area (Å²) in [6, 6.07) is -0.0325. The van der Waals surface area contributed by atoms with Crippen molar-refractivity contribution in [3.63, 3.8) is 0 Å². The summed E-state index contributed by atoms with van der Waals surface area (Å²) in [5.74, 6) is 1.20. The maximum atomic E-state index is 6.39. The highest BCUT2D eigenvalue weighted by atomic mass is 35.5. The molecule has 0 radical (unpaired) electrons. The van der Waals surface area contributed by atoms with E-state index in [0.717, 1.165) is 18.7 Å². The highest BCUT2D eigenvalue weighted by Gasteiger charge is 2.39. The van der Waals surface area contributed by atoms with Crippen LogP contribution in [0, 0.1) is 0 Å². The van der Waals surface area contributed by atoms with Gasteiger partial charge >= 0.3 is 0 Å². The first-order chi connectivity index (χ1) is 7.58. The van der Waals surface area contributed by atoms with Gasteiger partial charge in [0.15, 0.2) is 0 Å². The van der Waals surface area contributed by atoms with Crippen LogP contribution in [-0.4, -0.2) is 20.3 Å². The fraction of sp³-hybridized carbons (Fsp3) is 0.727. The van der Waals surface area contributed by atoms with E-state index in [1.165, 1.54) is 12.2 Å². The second kappa shape index (κ2) is 4.59. The van der Waals surface area contributed by atoms with Crippen LogP contribution >= 0.6 is 23.4 Å². The molecule has 0 aliphatic carbocycles. The number of aryl methyl sites for hydroxylation is 1. The molecule has 2 heterocycles. The van der Waals surface area contributed by atoms with Crippen LogP contribution in [0.3, 0.4) is 0 Å². The Morgan fingerprint density at radius 1 is 1.75 bits per heavy atom. The highest BCUT2D eigenvalue weighted by Crippen LogP contribution is 2.46. The van der Waals surface area contributed by atoms with Crippen molar-refractivity contribution < 1.29 is 0 Å². The fourth-order valence-electron chi connectivity index (χ4n) is 2.27. The third kappa shape index (κ3) is 1.98. The van der Waals surface area contributed by atoms with E-state index in [0.29, 0.717) is 5.02 Å². The number of thioether (sulfide) groups is 1. The number of halogens is 1. The van der Waals surface area contributed by atoms with Crippen molar-refractivity contribution in [3.8, 4) is 0 Å². The lowest BCUT2D eigenvalue weighted by Gasteiger charge is -2.30. The lowest BCUT2D eigenvalue weighted by molar-refractivity contribution is 0.463. The van der Waals surface area contributed by atoms with E-state index in [9.17, 15) is 0 Å². The van der Waals surface area contributed by atoms with Crippen molar-refractivity contribution in [2.75, 3.05) is 5.75 Å². The monoisotopic (exact) mass is 259 g/mol. The molecule has 2 rings (SSSR count). The third-order valence-electron chi connectivity index (χ3n) is 3.33. The molecular formula is C11H18ClN3S. The van der Waals surface area contributed by atoms with Crippen molar-refractivity contribution in [3.05, 3.63) is 16.9 Å². The predicted octanol–water partition coefficient (Wildman–Crippen LogP) is 2.84. The Morgan fingerprint density at radius 2 is 2.50 bits per heavy atom. The van der Waals surface area contributed by atoms with Gasteiger partial charge in [-0.15, -0.1) is 0 Å². The van der Waals surface area contributed by atoms with Crippen LogP contribution in [0.5, 0.6) is 0 Å². The topological polar surface area (TPSA) is 43.8 Å². The van der Waals surface area contributed by atoms with Gasteiger partial charge in [0.1, 0.15) is 0 Å².